The Morgan fingerprint density at radius 1 is 0.941 bits per heavy atom. The number of hydrogen-bond donors (Lipinski definition) is 0. The SMILES string of the molecule is C=Cc1ccc(OC2=Cc3ccccc32)cc1. The maximum Gasteiger partial charge on any atom is 0.135 e. The first-order valence-electron chi connectivity index (χ1n) is 5.58. The van der Waals surface area contributed by atoms with Crippen LogP contribution in [0.5, 0.6) is 5.75 Å². The van der Waals surface area contributed by atoms with Crippen molar-refractivity contribution in [3.8, 4) is 5.75 Å². The molecule has 0 N–H and O–H groups in total. The summed E-state index contributed by atoms with van der Waals surface area (Å²) in [4.78, 5) is 0. The van der Waals surface area contributed by atoms with Gasteiger partial charge in [0.2, 0.25) is 0 Å². The number of benzene rings is 2. The van der Waals surface area contributed by atoms with Crippen LogP contribution in [-0.2, 0) is 0 Å². The summed E-state index contributed by atoms with van der Waals surface area (Å²) in [5, 5.41) is 0. The van der Waals surface area contributed by atoms with Crippen molar-refractivity contribution in [3.63, 3.8) is 0 Å². The minimum absolute atomic E-state index is 0.858. The molecule has 17 heavy (non-hydrogen) atoms. The zero-order valence-corrected chi connectivity index (χ0v) is 9.39. The van der Waals surface area contributed by atoms with E-state index in [0.717, 1.165) is 17.1 Å². The van der Waals surface area contributed by atoms with Crippen LogP contribution in [0.2, 0.25) is 0 Å². The molecule has 1 aliphatic carbocycles. The molecule has 2 aromatic rings. The fraction of sp³-hybridized carbons (Fsp3) is 0. The van der Waals surface area contributed by atoms with Crippen molar-refractivity contribution in [2.75, 3.05) is 0 Å². The molecule has 0 saturated heterocycles. The Morgan fingerprint density at radius 2 is 1.71 bits per heavy atom. The molecule has 0 fully saturated rings. The van der Waals surface area contributed by atoms with Gasteiger partial charge >= 0.3 is 0 Å². The highest BCUT2D eigenvalue weighted by atomic mass is 16.5. The second-order valence-electron chi connectivity index (χ2n) is 3.97. The van der Waals surface area contributed by atoms with Crippen LogP contribution in [0, 0.1) is 0 Å². The normalized spacial score (nSPS) is 12.1. The maximum absolute atomic E-state index is 5.80. The number of hydrogen-bond acceptors (Lipinski definition) is 1. The molecule has 82 valence electrons. The minimum atomic E-state index is 0.858. The van der Waals surface area contributed by atoms with E-state index in [-0.39, 0.29) is 0 Å². The quantitative estimate of drug-likeness (QED) is 0.752. The van der Waals surface area contributed by atoms with Crippen LogP contribution >= 0.6 is 0 Å². The second kappa shape index (κ2) is 3.95. The van der Waals surface area contributed by atoms with Crippen molar-refractivity contribution >= 4 is 17.9 Å². The molecule has 2 aromatic carbocycles. The summed E-state index contributed by atoms with van der Waals surface area (Å²) >= 11 is 0. The molecule has 0 unspecified atom stereocenters. The van der Waals surface area contributed by atoms with Gasteiger partial charge in [-0.05, 0) is 29.3 Å². The van der Waals surface area contributed by atoms with E-state index in [1.54, 1.807) is 0 Å². The third-order valence-electron chi connectivity index (χ3n) is 2.86. The first-order chi connectivity index (χ1) is 8.36. The summed E-state index contributed by atoms with van der Waals surface area (Å²) in [6, 6.07) is 16.1. The summed E-state index contributed by atoms with van der Waals surface area (Å²) in [6.07, 6.45) is 3.87. The summed E-state index contributed by atoms with van der Waals surface area (Å²) in [6.45, 7) is 3.73. The van der Waals surface area contributed by atoms with Gasteiger partial charge in [0.05, 0.1) is 0 Å². The van der Waals surface area contributed by atoms with E-state index >= 15 is 0 Å². The molecule has 3 rings (SSSR count). The van der Waals surface area contributed by atoms with E-state index in [0.29, 0.717) is 0 Å². The van der Waals surface area contributed by atoms with E-state index in [2.05, 4.69) is 24.8 Å². The van der Waals surface area contributed by atoms with E-state index in [1.807, 2.05) is 42.5 Å². The summed E-state index contributed by atoms with van der Waals surface area (Å²) < 4.78 is 5.80. The average molecular weight is 220 g/mol. The Morgan fingerprint density at radius 3 is 2.41 bits per heavy atom. The smallest absolute Gasteiger partial charge is 0.135 e. The van der Waals surface area contributed by atoms with Crippen molar-refractivity contribution in [1.82, 2.24) is 0 Å². The highest BCUT2D eigenvalue weighted by molar-refractivity contribution is 5.92. The van der Waals surface area contributed by atoms with Crippen LogP contribution < -0.4 is 4.74 Å². The van der Waals surface area contributed by atoms with Crippen LogP contribution in [0.15, 0.2) is 55.1 Å². The van der Waals surface area contributed by atoms with Gasteiger partial charge in [-0.2, -0.15) is 0 Å². The average Bonchev–Trinajstić information content (AvgIpc) is 2.37. The summed E-state index contributed by atoms with van der Waals surface area (Å²) in [7, 11) is 0. The Hall–Kier alpha value is -2.28. The lowest BCUT2D eigenvalue weighted by Gasteiger charge is -2.19. The van der Waals surface area contributed by atoms with Gasteiger partial charge in [0.15, 0.2) is 0 Å². The number of ether oxygens (including phenoxy) is 1. The Kier molecular flexibility index (Phi) is 2.30. The fourth-order valence-corrected chi connectivity index (χ4v) is 1.87. The minimum Gasteiger partial charge on any atom is -0.457 e. The lowest BCUT2D eigenvalue weighted by molar-refractivity contribution is 0.514. The van der Waals surface area contributed by atoms with E-state index in [4.69, 9.17) is 4.74 Å². The van der Waals surface area contributed by atoms with E-state index < -0.39 is 0 Å². The Balaban J connectivity index is 1.79. The first kappa shape index (κ1) is 9.91. The summed E-state index contributed by atoms with van der Waals surface area (Å²) in [5.41, 5.74) is 3.52. The third kappa shape index (κ3) is 1.76. The van der Waals surface area contributed by atoms with E-state index in [1.165, 1.54) is 11.1 Å². The molecule has 0 heterocycles. The van der Waals surface area contributed by atoms with Crippen LogP contribution in [0.25, 0.3) is 17.9 Å². The topological polar surface area (TPSA) is 9.23 Å². The molecule has 1 nitrogen and oxygen atoms in total. The molecule has 0 atom stereocenters. The van der Waals surface area contributed by atoms with E-state index in [9.17, 15) is 0 Å². The molecule has 0 radical (unpaired) electrons. The van der Waals surface area contributed by atoms with Gasteiger partial charge in [0.25, 0.3) is 0 Å². The van der Waals surface area contributed by atoms with Gasteiger partial charge < -0.3 is 4.74 Å². The largest absolute Gasteiger partial charge is 0.457 e. The molecule has 0 amide bonds. The van der Waals surface area contributed by atoms with Crippen LogP contribution in [0.4, 0.5) is 0 Å². The van der Waals surface area contributed by atoms with Crippen LogP contribution in [0.3, 0.4) is 0 Å². The Labute approximate surface area is 101 Å². The molecule has 0 aliphatic heterocycles. The predicted molar refractivity (Wildman–Crippen MR) is 71.5 cm³/mol. The van der Waals surface area contributed by atoms with Gasteiger partial charge in [-0.15, -0.1) is 0 Å². The second-order valence-corrected chi connectivity index (χ2v) is 3.97. The lowest BCUT2D eigenvalue weighted by atomic mass is 9.96. The third-order valence-corrected chi connectivity index (χ3v) is 2.86. The predicted octanol–water partition coefficient (Wildman–Crippen LogP) is 4.22. The van der Waals surface area contributed by atoms with Crippen LogP contribution in [-0.4, -0.2) is 0 Å². The molecule has 1 heteroatoms. The van der Waals surface area contributed by atoms with Crippen molar-refractivity contribution in [3.05, 3.63) is 71.8 Å². The molecule has 0 aromatic heterocycles. The highest BCUT2D eigenvalue weighted by Crippen LogP contribution is 2.33. The monoisotopic (exact) mass is 220 g/mol. The lowest BCUT2D eigenvalue weighted by Crippen LogP contribution is -2.04. The van der Waals surface area contributed by atoms with Crippen molar-refractivity contribution in [2.24, 2.45) is 0 Å². The van der Waals surface area contributed by atoms with Gasteiger partial charge in [0.1, 0.15) is 11.5 Å². The molecule has 0 spiro atoms. The zero-order chi connectivity index (χ0) is 11.7. The van der Waals surface area contributed by atoms with Gasteiger partial charge in [-0.25, -0.2) is 0 Å². The standard InChI is InChI=1S/C16H12O/c1-2-12-7-9-14(10-8-12)17-16-11-13-5-3-4-6-15(13)16/h2-11H,1H2. The van der Waals surface area contributed by atoms with Crippen molar-refractivity contribution in [1.29, 1.82) is 0 Å². The van der Waals surface area contributed by atoms with Crippen LogP contribution in [0.1, 0.15) is 16.7 Å². The highest BCUT2D eigenvalue weighted by Gasteiger charge is 2.16. The van der Waals surface area contributed by atoms with Gasteiger partial charge in [-0.1, -0.05) is 49.1 Å². The molecule has 0 bridgehead atoms. The fourth-order valence-electron chi connectivity index (χ4n) is 1.87. The number of rotatable bonds is 3. The maximum atomic E-state index is 5.80. The van der Waals surface area contributed by atoms with Gasteiger partial charge in [0, 0.05) is 5.56 Å². The molecule has 0 saturated carbocycles. The Bertz CT molecular complexity index is 591. The molecular formula is C16H12O. The molecular weight excluding hydrogens is 208 g/mol. The number of fused-ring (bicyclic) bond motifs is 1. The van der Waals surface area contributed by atoms with Gasteiger partial charge in [-0.3, -0.25) is 0 Å². The zero-order valence-electron chi connectivity index (χ0n) is 9.39. The molecule has 1 aliphatic rings. The van der Waals surface area contributed by atoms with Crippen molar-refractivity contribution in [2.45, 2.75) is 0 Å². The first-order valence-corrected chi connectivity index (χ1v) is 5.58. The van der Waals surface area contributed by atoms with Crippen molar-refractivity contribution < 1.29 is 4.74 Å². The summed E-state index contributed by atoms with van der Waals surface area (Å²) in [5.74, 6) is 1.79.